The SMILES string of the molecule is CCCNC(C1=CCCCCC1)c1sccc1CC. The lowest BCUT2D eigenvalue weighted by atomic mass is 9.97. The second kappa shape index (κ2) is 7.86. The summed E-state index contributed by atoms with van der Waals surface area (Å²) in [5, 5.41) is 6.04. The van der Waals surface area contributed by atoms with E-state index in [1.165, 1.54) is 44.1 Å². The Kier molecular flexibility index (Phi) is 6.12. The summed E-state index contributed by atoms with van der Waals surface area (Å²) in [6.07, 6.45) is 11.5. The van der Waals surface area contributed by atoms with Crippen molar-refractivity contribution >= 4 is 11.3 Å². The van der Waals surface area contributed by atoms with Gasteiger partial charge in [-0.3, -0.25) is 0 Å². The Morgan fingerprint density at radius 2 is 2.16 bits per heavy atom. The second-order valence-electron chi connectivity index (χ2n) is 5.43. The molecule has 1 aromatic heterocycles. The fraction of sp³-hybridized carbons (Fsp3) is 0.647. The van der Waals surface area contributed by atoms with Gasteiger partial charge in [0.2, 0.25) is 0 Å². The minimum absolute atomic E-state index is 0.480. The molecule has 2 heteroatoms. The fourth-order valence-electron chi connectivity index (χ4n) is 2.88. The summed E-state index contributed by atoms with van der Waals surface area (Å²) < 4.78 is 0. The highest BCUT2D eigenvalue weighted by Gasteiger charge is 2.20. The van der Waals surface area contributed by atoms with Gasteiger partial charge in [0.1, 0.15) is 0 Å². The van der Waals surface area contributed by atoms with E-state index < -0.39 is 0 Å². The molecule has 0 spiro atoms. The molecule has 1 aliphatic carbocycles. The van der Waals surface area contributed by atoms with Crippen LogP contribution in [-0.4, -0.2) is 6.54 Å². The third-order valence-corrected chi connectivity index (χ3v) is 4.99. The van der Waals surface area contributed by atoms with Crippen LogP contribution in [0.15, 0.2) is 23.1 Å². The van der Waals surface area contributed by atoms with Crippen LogP contribution in [0.2, 0.25) is 0 Å². The number of hydrogen-bond acceptors (Lipinski definition) is 2. The molecule has 0 aliphatic heterocycles. The highest BCUT2D eigenvalue weighted by molar-refractivity contribution is 7.10. The molecule has 2 rings (SSSR count). The summed E-state index contributed by atoms with van der Waals surface area (Å²) in [5.74, 6) is 0. The molecule has 0 fully saturated rings. The molecule has 0 saturated carbocycles. The summed E-state index contributed by atoms with van der Waals surface area (Å²) in [6.45, 7) is 5.63. The van der Waals surface area contributed by atoms with Gasteiger partial charge in [-0.2, -0.15) is 0 Å². The molecule has 1 aromatic rings. The van der Waals surface area contributed by atoms with E-state index in [-0.39, 0.29) is 0 Å². The average Bonchev–Trinajstić information content (AvgIpc) is 2.74. The fourth-order valence-corrected chi connectivity index (χ4v) is 3.99. The highest BCUT2D eigenvalue weighted by atomic mass is 32.1. The van der Waals surface area contributed by atoms with Crippen LogP contribution < -0.4 is 5.32 Å². The van der Waals surface area contributed by atoms with E-state index in [0.29, 0.717) is 6.04 Å². The van der Waals surface area contributed by atoms with Gasteiger partial charge in [0, 0.05) is 4.88 Å². The smallest absolute Gasteiger partial charge is 0.0633 e. The first-order valence-electron chi connectivity index (χ1n) is 7.85. The van der Waals surface area contributed by atoms with Crippen LogP contribution in [0.25, 0.3) is 0 Å². The van der Waals surface area contributed by atoms with Crippen molar-refractivity contribution in [2.24, 2.45) is 0 Å². The van der Waals surface area contributed by atoms with Gasteiger partial charge in [-0.05, 0) is 62.1 Å². The Hall–Kier alpha value is -0.600. The summed E-state index contributed by atoms with van der Waals surface area (Å²) in [5.41, 5.74) is 3.17. The van der Waals surface area contributed by atoms with Crippen molar-refractivity contribution in [3.63, 3.8) is 0 Å². The lowest BCUT2D eigenvalue weighted by molar-refractivity contribution is 0.571. The number of nitrogens with one attached hydrogen (secondary N) is 1. The minimum Gasteiger partial charge on any atom is -0.306 e. The Labute approximate surface area is 122 Å². The minimum atomic E-state index is 0.480. The molecule has 0 radical (unpaired) electrons. The summed E-state index contributed by atoms with van der Waals surface area (Å²) >= 11 is 1.93. The summed E-state index contributed by atoms with van der Waals surface area (Å²) in [4.78, 5) is 1.56. The summed E-state index contributed by atoms with van der Waals surface area (Å²) in [7, 11) is 0. The van der Waals surface area contributed by atoms with Crippen molar-refractivity contribution in [2.75, 3.05) is 6.54 Å². The van der Waals surface area contributed by atoms with Gasteiger partial charge in [-0.15, -0.1) is 11.3 Å². The third-order valence-electron chi connectivity index (χ3n) is 3.97. The molecule has 0 aromatic carbocycles. The number of thiophene rings is 1. The predicted molar refractivity (Wildman–Crippen MR) is 85.9 cm³/mol. The van der Waals surface area contributed by atoms with Gasteiger partial charge in [-0.25, -0.2) is 0 Å². The number of allylic oxidation sites excluding steroid dienone is 1. The van der Waals surface area contributed by atoms with Crippen LogP contribution >= 0.6 is 11.3 Å². The van der Waals surface area contributed by atoms with Gasteiger partial charge < -0.3 is 5.32 Å². The lowest BCUT2D eigenvalue weighted by Crippen LogP contribution is -2.24. The quantitative estimate of drug-likeness (QED) is 0.701. The zero-order valence-corrected chi connectivity index (χ0v) is 13.2. The largest absolute Gasteiger partial charge is 0.306 e. The highest BCUT2D eigenvalue weighted by Crippen LogP contribution is 2.34. The Balaban J connectivity index is 2.21. The van der Waals surface area contributed by atoms with Crippen LogP contribution in [0.4, 0.5) is 0 Å². The molecule has 106 valence electrons. The van der Waals surface area contributed by atoms with Gasteiger partial charge in [0.15, 0.2) is 0 Å². The summed E-state index contributed by atoms with van der Waals surface area (Å²) in [6, 6.07) is 2.78. The standard InChI is InChI=1S/C17H27NS/c1-3-12-18-16(15-9-7-5-6-8-10-15)17-14(4-2)11-13-19-17/h9,11,13,16,18H,3-8,10,12H2,1-2H3. The van der Waals surface area contributed by atoms with E-state index in [9.17, 15) is 0 Å². The van der Waals surface area contributed by atoms with Crippen LogP contribution in [0.3, 0.4) is 0 Å². The van der Waals surface area contributed by atoms with Crippen molar-refractivity contribution in [1.82, 2.24) is 5.32 Å². The molecule has 1 nitrogen and oxygen atoms in total. The molecule has 1 heterocycles. The first-order valence-corrected chi connectivity index (χ1v) is 8.73. The monoisotopic (exact) mass is 277 g/mol. The first kappa shape index (κ1) is 14.8. The van der Waals surface area contributed by atoms with Gasteiger partial charge in [-0.1, -0.05) is 31.9 Å². The number of aryl methyl sites for hydroxylation is 1. The predicted octanol–water partition coefficient (Wildman–Crippen LogP) is 5.24. The van der Waals surface area contributed by atoms with Gasteiger partial charge in [0.25, 0.3) is 0 Å². The molecular formula is C17H27NS. The molecule has 0 bridgehead atoms. The normalized spacial score (nSPS) is 17.9. The first-order chi connectivity index (χ1) is 9.36. The van der Waals surface area contributed by atoms with Gasteiger partial charge >= 0.3 is 0 Å². The Morgan fingerprint density at radius 1 is 1.26 bits per heavy atom. The van der Waals surface area contributed by atoms with E-state index in [0.717, 1.165) is 13.0 Å². The van der Waals surface area contributed by atoms with E-state index in [1.807, 2.05) is 11.3 Å². The Morgan fingerprint density at radius 3 is 2.95 bits per heavy atom. The van der Waals surface area contributed by atoms with Crippen molar-refractivity contribution in [3.05, 3.63) is 33.5 Å². The molecular weight excluding hydrogens is 250 g/mol. The zero-order chi connectivity index (χ0) is 13.5. The molecule has 1 unspecified atom stereocenters. The lowest BCUT2D eigenvalue weighted by Gasteiger charge is -2.22. The van der Waals surface area contributed by atoms with Crippen LogP contribution in [0, 0.1) is 0 Å². The molecule has 1 atom stereocenters. The zero-order valence-electron chi connectivity index (χ0n) is 12.4. The molecule has 19 heavy (non-hydrogen) atoms. The second-order valence-corrected chi connectivity index (χ2v) is 6.38. The van der Waals surface area contributed by atoms with Crippen molar-refractivity contribution in [2.45, 2.75) is 64.8 Å². The van der Waals surface area contributed by atoms with Crippen molar-refractivity contribution in [1.29, 1.82) is 0 Å². The maximum atomic E-state index is 3.79. The van der Waals surface area contributed by atoms with Crippen LogP contribution in [-0.2, 0) is 6.42 Å². The average molecular weight is 277 g/mol. The van der Waals surface area contributed by atoms with Crippen LogP contribution in [0.1, 0.15) is 68.9 Å². The topological polar surface area (TPSA) is 12.0 Å². The van der Waals surface area contributed by atoms with E-state index in [4.69, 9.17) is 0 Å². The van der Waals surface area contributed by atoms with E-state index in [2.05, 4.69) is 36.7 Å². The Bertz CT molecular complexity index is 405. The number of rotatable bonds is 6. The maximum absolute atomic E-state index is 3.79. The third kappa shape index (κ3) is 3.93. The molecule has 0 amide bonds. The van der Waals surface area contributed by atoms with Crippen molar-refractivity contribution < 1.29 is 0 Å². The molecule has 0 saturated heterocycles. The number of hydrogen-bond donors (Lipinski definition) is 1. The van der Waals surface area contributed by atoms with Crippen molar-refractivity contribution in [3.8, 4) is 0 Å². The molecule has 1 aliphatic rings. The van der Waals surface area contributed by atoms with E-state index >= 15 is 0 Å². The van der Waals surface area contributed by atoms with E-state index in [1.54, 1.807) is 10.5 Å². The molecule has 1 N–H and O–H groups in total. The maximum Gasteiger partial charge on any atom is 0.0633 e. The van der Waals surface area contributed by atoms with Crippen LogP contribution in [0.5, 0.6) is 0 Å². The van der Waals surface area contributed by atoms with Gasteiger partial charge in [0.05, 0.1) is 6.04 Å².